The molecule has 6 aliphatic heterocycles. The third-order valence-electron chi connectivity index (χ3n) is 25.3. The molecule has 21 rings (SSSR count). The first kappa shape index (κ1) is 88.0. The lowest BCUT2D eigenvalue weighted by Gasteiger charge is -2.54. The van der Waals surface area contributed by atoms with Crippen LogP contribution in [0, 0.1) is 40.3 Å². The van der Waals surface area contributed by atoms with Crippen LogP contribution in [-0.2, 0) is 28.4 Å². The van der Waals surface area contributed by atoms with E-state index in [9.17, 15) is 56.3 Å². The number of piperidine rings is 1. The van der Waals surface area contributed by atoms with E-state index in [-0.39, 0.29) is 56.4 Å². The molecular formula is C94H80F6N12O18S3. The topological polar surface area (TPSA) is 310 Å². The summed E-state index contributed by atoms with van der Waals surface area (Å²) in [6, 6.07) is 32.3. The van der Waals surface area contributed by atoms with Gasteiger partial charge in [-0.15, -0.1) is 34.0 Å². The number of pyridine rings is 3. The number of rotatable bonds is 12. The lowest BCUT2D eigenvalue weighted by molar-refractivity contribution is 0.00964. The number of amides is 3. The molecule has 6 aromatic carbocycles. The fourth-order valence-corrected chi connectivity index (χ4v) is 22.0. The van der Waals surface area contributed by atoms with Crippen molar-refractivity contribution in [3.8, 4) is 82.3 Å². The van der Waals surface area contributed by atoms with Gasteiger partial charge >= 0.3 is 18.5 Å². The molecule has 30 nitrogen and oxygen atoms in total. The number of carbonyl (C=O) groups is 6. The lowest BCUT2D eigenvalue weighted by atomic mass is 9.79. The van der Waals surface area contributed by atoms with E-state index in [1.807, 2.05) is 87.8 Å². The van der Waals surface area contributed by atoms with Gasteiger partial charge in [0.15, 0.2) is 52.0 Å². The molecule has 9 aliphatic rings. The number of carbonyl (C=O) groups excluding carboxylic acids is 6. The first-order valence-electron chi connectivity index (χ1n) is 42.5. The lowest BCUT2D eigenvalue weighted by Crippen LogP contribution is -2.65. The third kappa shape index (κ3) is 15.2. The number of benzene rings is 6. The smallest absolute Gasteiger partial charge is 0.451 e. The summed E-state index contributed by atoms with van der Waals surface area (Å²) in [7, 11) is 3.40. The summed E-state index contributed by atoms with van der Waals surface area (Å²) in [5, 5.41) is 5.83. The van der Waals surface area contributed by atoms with Crippen molar-refractivity contribution in [3.63, 3.8) is 0 Å². The minimum Gasteiger partial charge on any atom is -0.451 e. The number of aromatic nitrogens is 6. The second-order valence-electron chi connectivity index (χ2n) is 33.1. The Morgan fingerprint density at radius 1 is 0.391 bits per heavy atom. The van der Waals surface area contributed by atoms with Gasteiger partial charge in [0, 0.05) is 73.1 Å². The molecule has 12 heterocycles. The molecular weight excluding hydrogens is 1800 g/mol. The molecule has 133 heavy (non-hydrogen) atoms. The van der Waals surface area contributed by atoms with Gasteiger partial charge in [0.25, 0.3) is 17.7 Å². The molecule has 4 unspecified atom stereocenters. The Bertz CT molecular complexity index is 6660. The third-order valence-corrected chi connectivity index (χ3v) is 27.9. The normalized spacial score (nSPS) is 18.8. The van der Waals surface area contributed by atoms with Crippen LogP contribution in [0.15, 0.2) is 177 Å². The predicted octanol–water partition coefficient (Wildman–Crippen LogP) is 16.5. The van der Waals surface area contributed by atoms with E-state index < -0.39 is 144 Å². The zero-order valence-corrected chi connectivity index (χ0v) is 74.0. The Kier molecular flexibility index (Phi) is 23.6. The standard InChI is InChI=1S/C32H28F2N4O6S.2C31H26F2N4O6S/c1-32(2)11-13-36-22(14-32)38(37-12-10-21(39)28(27(37)30(36)40)43-16-44-31(41)42-3)26-17-6-4-5-7-18(17)29-25(35-15-45-29)23-19(26)8-9-20(33)24(23)34;2*1-41-31(40)43-16-42-28-21(38)12-14-36-27(28)30(39)35-13-6-2-3-9-22(35)37(36)26-17-7-4-5-8-18(17)29-25(34-15-44-29)23-19(26)10-11-20(32)24(23)33/h4-10,12,15,22,26H,11,13-14,16H2,1-3H3;2*4-5,7-8,10-12,14-15,22,26H,2-3,6,9,13,16H2,1H3/t;22-,26-;/m.1./s1. The second-order valence-corrected chi connectivity index (χ2v) is 35.7. The van der Waals surface area contributed by atoms with Crippen LogP contribution in [-0.4, -0.2) is 160 Å². The van der Waals surface area contributed by atoms with Crippen LogP contribution in [0.25, 0.3) is 65.1 Å². The molecule has 12 aromatic rings. The Morgan fingerprint density at radius 2 is 0.707 bits per heavy atom. The molecule has 0 spiro atoms. The van der Waals surface area contributed by atoms with Gasteiger partial charge in [-0.3, -0.25) is 57.8 Å². The number of fused-ring (bicyclic) bond motifs is 21. The van der Waals surface area contributed by atoms with Crippen LogP contribution in [0.1, 0.15) is 161 Å². The summed E-state index contributed by atoms with van der Waals surface area (Å²) in [5.41, 5.74) is 9.95. The van der Waals surface area contributed by atoms with E-state index in [2.05, 4.69) is 43.0 Å². The Labute approximate surface area is 764 Å². The minimum absolute atomic E-state index is 0.0384. The van der Waals surface area contributed by atoms with Gasteiger partial charge in [-0.1, -0.05) is 118 Å². The van der Waals surface area contributed by atoms with Crippen LogP contribution >= 0.6 is 34.0 Å². The molecule has 0 saturated carbocycles. The quantitative estimate of drug-likeness (QED) is 0.0475. The van der Waals surface area contributed by atoms with Crippen molar-refractivity contribution in [2.45, 2.75) is 115 Å². The molecule has 3 aliphatic carbocycles. The number of ether oxygens (including phenoxy) is 9. The number of thiazole rings is 3. The average Bonchev–Trinajstić information content (AvgIpc) is 1.68. The first-order chi connectivity index (χ1) is 64.4. The molecule has 684 valence electrons. The Balaban J connectivity index is 0.000000129. The Morgan fingerprint density at radius 3 is 1.04 bits per heavy atom. The number of halogens is 6. The van der Waals surface area contributed by atoms with Crippen molar-refractivity contribution in [2.75, 3.05) is 76.4 Å². The predicted molar refractivity (Wildman–Crippen MR) is 472 cm³/mol. The van der Waals surface area contributed by atoms with Gasteiger partial charge in [0.05, 0.1) is 87.7 Å². The van der Waals surface area contributed by atoms with E-state index in [1.54, 1.807) is 63.5 Å². The van der Waals surface area contributed by atoms with Gasteiger partial charge in [0.1, 0.15) is 18.5 Å². The summed E-state index contributed by atoms with van der Waals surface area (Å²) >= 11 is 4.00. The van der Waals surface area contributed by atoms with Gasteiger partial charge in [-0.05, 0) is 125 Å². The summed E-state index contributed by atoms with van der Waals surface area (Å²) < 4.78 is 142. The number of hydrogen-bond donors (Lipinski definition) is 0. The van der Waals surface area contributed by atoms with Gasteiger partial charge in [-0.2, -0.15) is 0 Å². The summed E-state index contributed by atoms with van der Waals surface area (Å²) in [4.78, 5) is 137. The van der Waals surface area contributed by atoms with Crippen LogP contribution < -0.4 is 45.5 Å². The van der Waals surface area contributed by atoms with E-state index >= 15 is 13.2 Å². The van der Waals surface area contributed by atoms with E-state index in [1.165, 1.54) is 70.8 Å². The maximum atomic E-state index is 15.9. The van der Waals surface area contributed by atoms with Gasteiger partial charge in [-0.25, -0.2) is 55.7 Å². The molecule has 3 saturated heterocycles. The number of methoxy groups -OCH3 is 3. The molecule has 39 heteroatoms. The molecule has 0 N–H and O–H groups in total. The van der Waals surface area contributed by atoms with E-state index in [0.29, 0.717) is 93.7 Å². The molecule has 0 radical (unpaired) electrons. The van der Waals surface area contributed by atoms with Crippen molar-refractivity contribution in [1.82, 2.24) is 43.7 Å². The van der Waals surface area contributed by atoms with Crippen LogP contribution in [0.4, 0.5) is 40.7 Å². The minimum atomic E-state index is -1.02. The van der Waals surface area contributed by atoms with Crippen LogP contribution in [0.2, 0.25) is 0 Å². The number of hydrogen-bond acceptors (Lipinski definition) is 27. The zero-order valence-electron chi connectivity index (χ0n) is 71.6. The van der Waals surface area contributed by atoms with Crippen molar-refractivity contribution in [3.05, 3.63) is 279 Å². The van der Waals surface area contributed by atoms with Crippen molar-refractivity contribution in [1.29, 1.82) is 0 Å². The largest absolute Gasteiger partial charge is 0.510 e. The maximum Gasteiger partial charge on any atom is 0.510 e. The van der Waals surface area contributed by atoms with Crippen molar-refractivity contribution in [2.24, 2.45) is 5.41 Å². The second kappa shape index (κ2) is 35.7. The fourth-order valence-electron chi connectivity index (χ4n) is 19.5. The molecule has 6 atom stereocenters. The number of nitrogens with zero attached hydrogens (tertiary/aromatic N) is 12. The monoisotopic (exact) mass is 1870 g/mol. The van der Waals surface area contributed by atoms with Crippen LogP contribution in [0.3, 0.4) is 0 Å². The molecule has 3 amide bonds. The van der Waals surface area contributed by atoms with Crippen molar-refractivity contribution >= 4 is 70.2 Å². The average molecular weight is 1880 g/mol. The van der Waals surface area contributed by atoms with Gasteiger partial charge in [0.2, 0.25) is 53.9 Å². The highest BCUT2D eigenvalue weighted by Gasteiger charge is 2.53. The Hall–Kier alpha value is -14.3. The SMILES string of the molecule is COC(=O)OCOc1c2n(ccc1=O)N(C1c3ccccc3-c3scnc3-c3c1ccc(F)c3F)C1CC(C)(C)CCN1C2=O.COC(=O)OCOc1c2n(ccc1=O)N(C1c3ccccc3-c3scnc3-c3c1ccc(F)c3F)C1CCCCCN1C2=O.COC(=O)OCOc1c2n(ccc1=O)N([C@@H]1c3ccccc3-c3scnc3-c3c1ccc(F)c3F)[C@@H]1CCCCCN1C2=O. The summed E-state index contributed by atoms with van der Waals surface area (Å²) in [6.07, 6.45) is 7.22. The van der Waals surface area contributed by atoms with Crippen LogP contribution in [0.5, 0.6) is 17.2 Å². The maximum absolute atomic E-state index is 15.9. The zero-order chi connectivity index (χ0) is 92.7. The molecule has 0 bridgehead atoms. The highest BCUT2D eigenvalue weighted by atomic mass is 32.1. The molecule has 6 aromatic heterocycles. The van der Waals surface area contributed by atoms with E-state index in [4.69, 9.17) is 28.4 Å². The van der Waals surface area contributed by atoms with Gasteiger partial charge < -0.3 is 57.3 Å². The highest BCUT2D eigenvalue weighted by molar-refractivity contribution is 7.14. The fraction of sp³-hybridized carbons (Fsp3) is 0.298. The molecule has 3 fully saturated rings. The summed E-state index contributed by atoms with van der Waals surface area (Å²) in [6.45, 7) is 3.44. The first-order valence-corrected chi connectivity index (χ1v) is 45.2. The summed E-state index contributed by atoms with van der Waals surface area (Å²) in [5.74, 6) is -8.25. The highest BCUT2D eigenvalue weighted by Crippen LogP contribution is 2.56. The van der Waals surface area contributed by atoms with E-state index in [0.717, 1.165) is 111 Å². The van der Waals surface area contributed by atoms with Crippen molar-refractivity contribution < 1.29 is 97.7 Å².